The number of halogens is 2. The van der Waals surface area contributed by atoms with Crippen LogP contribution in [0.25, 0.3) is 22.1 Å². The van der Waals surface area contributed by atoms with Gasteiger partial charge in [0.05, 0.1) is 25.4 Å². The highest BCUT2D eigenvalue weighted by atomic mass is 31.2. The zero-order chi connectivity index (χ0) is 20.9. The number of hydrogen-bond acceptors (Lipinski definition) is 7. The number of hydrogen-bond donors (Lipinski definition) is 3. The third-order valence-corrected chi connectivity index (χ3v) is 5.66. The summed E-state index contributed by atoms with van der Waals surface area (Å²) < 4.78 is 35.7. The van der Waals surface area contributed by atoms with Crippen molar-refractivity contribution in [1.29, 1.82) is 0 Å². The number of fused-ring (bicyclic) bond motifs is 3. The highest BCUT2D eigenvalue weighted by molar-refractivity contribution is 7.70. The molecule has 0 amide bonds. The lowest BCUT2D eigenvalue weighted by Gasteiger charge is -2.12. The Labute approximate surface area is 164 Å². The van der Waals surface area contributed by atoms with Crippen molar-refractivity contribution in [3.8, 4) is 5.88 Å². The molecule has 0 radical (unpaired) electrons. The number of aryl methyl sites for hydroxylation is 1. The fourth-order valence-electron chi connectivity index (χ4n) is 3.23. The molecule has 0 spiro atoms. The van der Waals surface area contributed by atoms with Crippen molar-refractivity contribution in [2.45, 2.75) is 13.5 Å². The first-order valence-corrected chi connectivity index (χ1v) is 10.2. The van der Waals surface area contributed by atoms with Gasteiger partial charge in [0.2, 0.25) is 11.2 Å². The second kappa shape index (κ2) is 6.93. The van der Waals surface area contributed by atoms with E-state index in [0.29, 0.717) is 33.8 Å². The van der Waals surface area contributed by atoms with Gasteiger partial charge < -0.3 is 9.30 Å². The van der Waals surface area contributed by atoms with Crippen LogP contribution in [-0.2, 0) is 6.54 Å². The lowest BCUT2D eigenvalue weighted by atomic mass is 10.2. The van der Waals surface area contributed by atoms with E-state index in [2.05, 4.69) is 15.0 Å². The van der Waals surface area contributed by atoms with Gasteiger partial charge in [0.1, 0.15) is 17.2 Å². The first kappa shape index (κ1) is 19.5. The zero-order valence-electron chi connectivity index (χ0n) is 15.5. The molecule has 0 aliphatic rings. The van der Waals surface area contributed by atoms with Crippen LogP contribution in [0.15, 0.2) is 30.5 Å². The van der Waals surface area contributed by atoms with Gasteiger partial charge in [-0.1, -0.05) is 0 Å². The van der Waals surface area contributed by atoms with Crippen LogP contribution in [0, 0.1) is 18.6 Å². The molecule has 0 fully saturated rings. The van der Waals surface area contributed by atoms with Crippen LogP contribution in [-0.4, -0.2) is 36.4 Å². The van der Waals surface area contributed by atoms with E-state index in [9.17, 15) is 18.6 Å². The van der Waals surface area contributed by atoms with E-state index >= 15 is 0 Å². The van der Waals surface area contributed by atoms with Crippen LogP contribution in [0.3, 0.4) is 0 Å². The first-order chi connectivity index (χ1) is 13.7. The Kier molecular flexibility index (Phi) is 4.66. The summed E-state index contributed by atoms with van der Waals surface area (Å²) in [6.07, 6.45) is 1.55. The molecule has 8 nitrogen and oxygen atoms in total. The Balaban J connectivity index is 1.88. The van der Waals surface area contributed by atoms with E-state index in [4.69, 9.17) is 10.2 Å². The Bertz CT molecular complexity index is 1260. The third-order valence-electron chi connectivity index (χ3n) is 4.61. The minimum absolute atomic E-state index is 0.00790. The van der Waals surface area contributed by atoms with E-state index < -0.39 is 24.8 Å². The van der Waals surface area contributed by atoms with Gasteiger partial charge in [0.15, 0.2) is 11.5 Å². The smallest absolute Gasteiger partial charge is 0.376 e. The second-order valence-electron chi connectivity index (χ2n) is 6.51. The fourth-order valence-corrected chi connectivity index (χ4v) is 3.91. The molecule has 0 unspecified atom stereocenters. The van der Waals surface area contributed by atoms with E-state index in [1.807, 2.05) is 0 Å². The van der Waals surface area contributed by atoms with Gasteiger partial charge in [-0.25, -0.2) is 18.7 Å². The standard InChI is InChI=1S/C18H17F2N5O3P/c1-9-23-14-7-22-18-11(3-4-16(24-18)28-2)17(14)25(9)8-10-5-13(20)15(6-12(10)19)29(21,26)27/h3-7,26-27H,8,21H2,1-2H3/q+1. The molecule has 150 valence electrons. The topological polar surface area (TPSA) is 119 Å². The SMILES string of the molecule is COc1ccc2c(ncc3nc(C)n(Cc4cc(F)c([P+](N)(O)O)cc4F)c32)n1. The molecule has 3 heterocycles. The van der Waals surface area contributed by atoms with Gasteiger partial charge >= 0.3 is 7.87 Å². The second-order valence-corrected chi connectivity index (χ2v) is 8.29. The quantitative estimate of drug-likeness (QED) is 0.432. The minimum Gasteiger partial charge on any atom is -0.481 e. The molecule has 4 N–H and O–H groups in total. The van der Waals surface area contributed by atoms with Crippen molar-refractivity contribution in [3.63, 3.8) is 0 Å². The number of nitrogens with two attached hydrogens (primary N) is 1. The van der Waals surface area contributed by atoms with Gasteiger partial charge in [0.25, 0.3) is 0 Å². The molecule has 0 aliphatic carbocycles. The van der Waals surface area contributed by atoms with Gasteiger partial charge in [-0.3, -0.25) is 0 Å². The number of rotatable bonds is 4. The molecule has 0 bridgehead atoms. The molecule has 0 saturated carbocycles. The maximum atomic E-state index is 14.6. The molecule has 1 aromatic carbocycles. The zero-order valence-corrected chi connectivity index (χ0v) is 16.4. The van der Waals surface area contributed by atoms with Gasteiger partial charge in [-0.15, -0.1) is 0 Å². The highest BCUT2D eigenvalue weighted by Crippen LogP contribution is 2.40. The van der Waals surface area contributed by atoms with Crippen molar-refractivity contribution in [2.24, 2.45) is 5.50 Å². The van der Waals surface area contributed by atoms with Gasteiger partial charge in [-0.05, 0) is 19.1 Å². The number of benzene rings is 1. The van der Waals surface area contributed by atoms with Crippen molar-refractivity contribution in [3.05, 3.63) is 53.5 Å². The average molecular weight is 420 g/mol. The van der Waals surface area contributed by atoms with Crippen molar-refractivity contribution in [1.82, 2.24) is 19.5 Å². The molecule has 29 heavy (non-hydrogen) atoms. The van der Waals surface area contributed by atoms with E-state index in [1.165, 1.54) is 7.11 Å². The Hall–Kier alpha value is -2.78. The van der Waals surface area contributed by atoms with Crippen molar-refractivity contribution < 1.29 is 23.3 Å². The largest absolute Gasteiger partial charge is 0.481 e. The van der Waals surface area contributed by atoms with Crippen LogP contribution in [0.5, 0.6) is 5.88 Å². The highest BCUT2D eigenvalue weighted by Gasteiger charge is 2.36. The van der Waals surface area contributed by atoms with Gasteiger partial charge in [-0.2, -0.15) is 20.3 Å². The first-order valence-electron chi connectivity index (χ1n) is 8.47. The predicted molar refractivity (Wildman–Crippen MR) is 105 cm³/mol. The number of methoxy groups -OCH3 is 1. The summed E-state index contributed by atoms with van der Waals surface area (Å²) in [4.78, 5) is 32.0. The molecule has 0 saturated heterocycles. The summed E-state index contributed by atoms with van der Waals surface area (Å²) in [5, 5.41) is 0.0379. The van der Waals surface area contributed by atoms with Crippen molar-refractivity contribution in [2.75, 3.05) is 7.11 Å². The van der Waals surface area contributed by atoms with E-state index in [-0.39, 0.29) is 12.1 Å². The Morgan fingerprint density at radius 1 is 1.17 bits per heavy atom. The van der Waals surface area contributed by atoms with Crippen LogP contribution in [0.4, 0.5) is 8.78 Å². The number of ether oxygens (including phenoxy) is 1. The van der Waals surface area contributed by atoms with Crippen LogP contribution in [0.1, 0.15) is 11.4 Å². The number of pyridine rings is 2. The maximum absolute atomic E-state index is 14.6. The van der Waals surface area contributed by atoms with Crippen LogP contribution < -0.4 is 15.5 Å². The molecule has 0 atom stereocenters. The fraction of sp³-hybridized carbons (Fsp3) is 0.167. The number of aromatic nitrogens is 4. The summed E-state index contributed by atoms with van der Waals surface area (Å²) in [6, 6.07) is 5.09. The molecule has 4 rings (SSSR count). The summed E-state index contributed by atoms with van der Waals surface area (Å²) in [5.41, 5.74) is 6.85. The van der Waals surface area contributed by atoms with Crippen LogP contribution in [0.2, 0.25) is 0 Å². The lowest BCUT2D eigenvalue weighted by molar-refractivity contribution is 0.399. The summed E-state index contributed by atoms with van der Waals surface area (Å²) >= 11 is 0. The van der Waals surface area contributed by atoms with Crippen LogP contribution >= 0.6 is 7.87 Å². The minimum atomic E-state index is -4.17. The van der Waals surface area contributed by atoms with E-state index in [0.717, 1.165) is 12.1 Å². The van der Waals surface area contributed by atoms with Gasteiger partial charge in [0, 0.05) is 23.1 Å². The predicted octanol–water partition coefficient (Wildman–Crippen LogP) is 1.95. The van der Waals surface area contributed by atoms with Crippen molar-refractivity contribution >= 4 is 35.2 Å². The third kappa shape index (κ3) is 3.40. The molecular weight excluding hydrogens is 403 g/mol. The normalized spacial score (nSPS) is 12.1. The summed E-state index contributed by atoms with van der Waals surface area (Å²) in [7, 11) is -2.68. The Morgan fingerprint density at radius 2 is 1.93 bits per heavy atom. The molecule has 11 heteroatoms. The summed E-state index contributed by atoms with van der Waals surface area (Å²) in [6.45, 7) is 1.70. The lowest BCUT2D eigenvalue weighted by Crippen LogP contribution is -2.22. The molecule has 3 aromatic heterocycles. The summed E-state index contributed by atoms with van der Waals surface area (Å²) in [5.74, 6) is -0.822. The molecule has 4 aromatic rings. The van der Waals surface area contributed by atoms with E-state index in [1.54, 1.807) is 29.8 Å². The number of nitrogens with zero attached hydrogens (tertiary/aromatic N) is 4. The Morgan fingerprint density at radius 3 is 2.62 bits per heavy atom. The molecule has 0 aliphatic heterocycles. The maximum Gasteiger partial charge on any atom is 0.376 e. The number of imidazole rings is 1. The average Bonchev–Trinajstić information content (AvgIpc) is 2.98. The molecular formula is C18H17F2N5O3P+. The monoisotopic (exact) mass is 420 g/mol.